The van der Waals surface area contributed by atoms with Crippen LogP contribution < -0.4 is 9.47 Å². The van der Waals surface area contributed by atoms with Crippen LogP contribution in [0.4, 0.5) is 13.2 Å². The normalized spacial score (nSPS) is 11.2. The maximum Gasteiger partial charge on any atom is 0.416 e. The summed E-state index contributed by atoms with van der Waals surface area (Å²) in [6, 6.07) is 17.5. The Balaban J connectivity index is 1.86. The summed E-state index contributed by atoms with van der Waals surface area (Å²) >= 11 is 0. The predicted octanol–water partition coefficient (Wildman–Crippen LogP) is 6.66. The smallest absolute Gasteiger partial charge is 0.416 e. The Hall–Kier alpha value is -3.48. The van der Waals surface area contributed by atoms with Crippen molar-refractivity contribution in [3.63, 3.8) is 0 Å². The fourth-order valence-corrected chi connectivity index (χ4v) is 3.22. The van der Waals surface area contributed by atoms with Crippen molar-refractivity contribution in [2.24, 2.45) is 0 Å². The molecule has 3 rings (SSSR count). The van der Waals surface area contributed by atoms with Gasteiger partial charge < -0.3 is 14.6 Å². The topological polar surface area (TPSA) is 55.8 Å². The molecule has 0 saturated heterocycles. The van der Waals surface area contributed by atoms with Crippen LogP contribution in [0, 0.1) is 0 Å². The van der Waals surface area contributed by atoms with E-state index in [1.165, 1.54) is 6.07 Å². The van der Waals surface area contributed by atoms with Crippen molar-refractivity contribution in [3.8, 4) is 17.2 Å². The summed E-state index contributed by atoms with van der Waals surface area (Å²) in [6.45, 7) is 2.03. The van der Waals surface area contributed by atoms with Gasteiger partial charge in [-0.3, -0.25) is 4.79 Å². The molecule has 32 heavy (non-hydrogen) atoms. The Bertz CT molecular complexity index is 1060. The van der Waals surface area contributed by atoms with Gasteiger partial charge in [-0.2, -0.15) is 13.2 Å². The van der Waals surface area contributed by atoms with Gasteiger partial charge in [0.05, 0.1) is 5.56 Å². The number of hydrogen-bond acceptors (Lipinski definition) is 3. The van der Waals surface area contributed by atoms with Crippen LogP contribution in [0.15, 0.2) is 66.7 Å². The Labute approximate surface area is 184 Å². The largest absolute Gasteiger partial charge is 0.485 e. The minimum atomic E-state index is -4.51. The second kappa shape index (κ2) is 10.2. The molecule has 0 saturated carbocycles. The second-order valence-electron chi connectivity index (χ2n) is 7.21. The maximum atomic E-state index is 13.2. The number of ether oxygens (including phenoxy) is 2. The first-order valence-corrected chi connectivity index (χ1v) is 10.2. The molecule has 7 heteroatoms. The van der Waals surface area contributed by atoms with Gasteiger partial charge in [-0.15, -0.1) is 0 Å². The van der Waals surface area contributed by atoms with Crippen molar-refractivity contribution >= 4 is 5.97 Å². The lowest BCUT2D eigenvalue weighted by molar-refractivity contribution is -0.138. The van der Waals surface area contributed by atoms with E-state index < -0.39 is 17.7 Å². The zero-order chi connectivity index (χ0) is 23.1. The van der Waals surface area contributed by atoms with Crippen LogP contribution in [0.2, 0.25) is 0 Å². The van der Waals surface area contributed by atoms with Crippen LogP contribution in [0.1, 0.15) is 35.6 Å². The molecule has 0 unspecified atom stereocenters. The third kappa shape index (κ3) is 6.26. The second-order valence-corrected chi connectivity index (χ2v) is 7.21. The van der Waals surface area contributed by atoms with Crippen LogP contribution in [-0.4, -0.2) is 11.1 Å². The molecule has 0 bridgehead atoms. The lowest BCUT2D eigenvalue weighted by Gasteiger charge is -2.16. The maximum absolute atomic E-state index is 13.2. The highest BCUT2D eigenvalue weighted by Crippen LogP contribution is 2.39. The van der Waals surface area contributed by atoms with Crippen LogP contribution in [-0.2, 0) is 30.4 Å². The third-order valence-corrected chi connectivity index (χ3v) is 4.90. The quantitative estimate of drug-likeness (QED) is 0.401. The van der Waals surface area contributed by atoms with Gasteiger partial charge in [-0.05, 0) is 59.9 Å². The van der Waals surface area contributed by atoms with E-state index in [1.54, 1.807) is 18.2 Å². The molecule has 4 nitrogen and oxygen atoms in total. The monoisotopic (exact) mass is 444 g/mol. The summed E-state index contributed by atoms with van der Waals surface area (Å²) in [7, 11) is 0. The molecule has 0 radical (unpaired) electrons. The highest BCUT2D eigenvalue weighted by molar-refractivity contribution is 5.67. The molecule has 0 aliphatic rings. The molecule has 0 aliphatic carbocycles. The highest BCUT2D eigenvalue weighted by Gasteiger charge is 2.31. The molecular formula is C25H23F3O4. The van der Waals surface area contributed by atoms with Gasteiger partial charge in [-0.25, -0.2) is 0 Å². The molecule has 1 N–H and O–H groups in total. The minimum Gasteiger partial charge on any atom is -0.485 e. The van der Waals surface area contributed by atoms with E-state index in [1.807, 2.05) is 37.3 Å². The van der Waals surface area contributed by atoms with E-state index in [4.69, 9.17) is 14.6 Å². The number of benzene rings is 3. The van der Waals surface area contributed by atoms with E-state index >= 15 is 0 Å². The fraction of sp³-hybridized carbons (Fsp3) is 0.240. The van der Waals surface area contributed by atoms with E-state index in [2.05, 4.69) is 0 Å². The Kier molecular flexibility index (Phi) is 7.41. The summed E-state index contributed by atoms with van der Waals surface area (Å²) in [4.78, 5) is 10.9. The average molecular weight is 444 g/mol. The van der Waals surface area contributed by atoms with Gasteiger partial charge in [0, 0.05) is 6.42 Å². The number of rotatable bonds is 9. The molecule has 0 heterocycles. The lowest BCUT2D eigenvalue weighted by atomic mass is 10.0. The fourth-order valence-electron chi connectivity index (χ4n) is 3.22. The van der Waals surface area contributed by atoms with Crippen LogP contribution in [0.5, 0.6) is 17.2 Å². The molecule has 0 fully saturated rings. The van der Waals surface area contributed by atoms with Crippen molar-refractivity contribution < 1.29 is 32.5 Å². The molecular weight excluding hydrogens is 421 g/mol. The number of carbonyl (C=O) groups is 1. The van der Waals surface area contributed by atoms with Gasteiger partial charge >= 0.3 is 12.1 Å². The van der Waals surface area contributed by atoms with E-state index in [0.29, 0.717) is 18.6 Å². The van der Waals surface area contributed by atoms with Crippen LogP contribution >= 0.6 is 0 Å². The minimum absolute atomic E-state index is 0.0170. The average Bonchev–Trinajstić information content (AvgIpc) is 2.77. The SMILES string of the molecule is CCc1cc(Oc2ccc(C(F)(F)F)cc2OCc2ccccc2)ccc1CCC(=O)O. The number of carboxylic acid groups (broad SMARTS) is 1. The molecule has 168 valence electrons. The molecule has 3 aromatic carbocycles. The number of hydrogen-bond donors (Lipinski definition) is 1. The number of aryl methyl sites for hydroxylation is 2. The summed E-state index contributed by atoms with van der Waals surface area (Å²) < 4.78 is 51.2. The molecule has 0 aromatic heterocycles. The van der Waals surface area contributed by atoms with Gasteiger partial charge in [0.2, 0.25) is 0 Å². The van der Waals surface area contributed by atoms with Crippen LogP contribution in [0.3, 0.4) is 0 Å². The molecule has 0 atom stereocenters. The summed E-state index contributed by atoms with van der Waals surface area (Å²) in [6.07, 6.45) is -3.44. The number of carboxylic acids is 1. The molecule has 3 aromatic rings. The molecule has 0 amide bonds. The van der Waals surface area contributed by atoms with E-state index in [0.717, 1.165) is 28.8 Å². The first-order valence-electron chi connectivity index (χ1n) is 10.2. The highest BCUT2D eigenvalue weighted by atomic mass is 19.4. The first kappa shape index (κ1) is 23.2. The van der Waals surface area contributed by atoms with E-state index in [9.17, 15) is 18.0 Å². The standard InChI is InChI=1S/C25H23F3O4/c1-2-18-14-21(11-8-19(18)9-13-24(29)30)32-22-12-10-20(25(26,27)28)15-23(22)31-16-17-6-4-3-5-7-17/h3-8,10-12,14-15H,2,9,13,16H2,1H3,(H,29,30). The number of aliphatic carboxylic acids is 1. The Morgan fingerprint density at radius 3 is 2.34 bits per heavy atom. The van der Waals surface area contributed by atoms with E-state index in [-0.39, 0.29) is 24.5 Å². The van der Waals surface area contributed by atoms with Crippen molar-refractivity contribution in [1.29, 1.82) is 0 Å². The first-order chi connectivity index (χ1) is 15.3. The predicted molar refractivity (Wildman–Crippen MR) is 114 cm³/mol. The number of alkyl halides is 3. The van der Waals surface area contributed by atoms with Crippen LogP contribution in [0.25, 0.3) is 0 Å². The summed E-state index contributed by atoms with van der Waals surface area (Å²) in [5.74, 6) is -0.298. The summed E-state index contributed by atoms with van der Waals surface area (Å²) in [5.41, 5.74) is 1.80. The molecule has 0 aliphatic heterocycles. The lowest BCUT2D eigenvalue weighted by Crippen LogP contribution is -2.06. The van der Waals surface area contributed by atoms with Crippen molar-refractivity contribution in [1.82, 2.24) is 0 Å². The third-order valence-electron chi connectivity index (χ3n) is 4.90. The molecule has 0 spiro atoms. The number of halogens is 3. The van der Waals surface area contributed by atoms with Gasteiger partial charge in [-0.1, -0.05) is 43.3 Å². The van der Waals surface area contributed by atoms with Crippen molar-refractivity contribution in [2.75, 3.05) is 0 Å². The van der Waals surface area contributed by atoms with Crippen molar-refractivity contribution in [2.45, 2.75) is 39.0 Å². The van der Waals surface area contributed by atoms with Gasteiger partial charge in [0.25, 0.3) is 0 Å². The van der Waals surface area contributed by atoms with Gasteiger partial charge in [0.1, 0.15) is 12.4 Å². The van der Waals surface area contributed by atoms with Gasteiger partial charge in [0.15, 0.2) is 11.5 Å². The van der Waals surface area contributed by atoms with Crippen molar-refractivity contribution in [3.05, 3.63) is 89.0 Å². The Morgan fingerprint density at radius 1 is 0.938 bits per heavy atom. The zero-order valence-electron chi connectivity index (χ0n) is 17.5. The zero-order valence-corrected chi connectivity index (χ0v) is 17.5. The Morgan fingerprint density at radius 2 is 1.69 bits per heavy atom. The summed E-state index contributed by atoms with van der Waals surface area (Å²) in [5, 5.41) is 8.91.